The molecule has 7 rings (SSSR count). The van der Waals surface area contributed by atoms with Gasteiger partial charge in [-0.2, -0.15) is 8.78 Å². The van der Waals surface area contributed by atoms with E-state index in [4.69, 9.17) is 20.2 Å². The molecule has 1 fully saturated rings. The second-order valence-corrected chi connectivity index (χ2v) is 9.93. The van der Waals surface area contributed by atoms with Gasteiger partial charge < -0.3 is 24.5 Å². The van der Waals surface area contributed by atoms with Gasteiger partial charge in [0.15, 0.2) is 0 Å². The molecule has 1 amide bonds. The number of fused-ring (bicyclic) bond motifs is 9. The van der Waals surface area contributed by atoms with Crippen LogP contribution in [0.25, 0.3) is 16.8 Å². The summed E-state index contributed by atoms with van der Waals surface area (Å²) in [5, 5.41) is 0. The molecule has 1 saturated heterocycles. The summed E-state index contributed by atoms with van der Waals surface area (Å²) in [7, 11) is 1.73. The van der Waals surface area contributed by atoms with Crippen LogP contribution in [0.15, 0.2) is 54.9 Å². The standard InChI is InChI=1S/C27H23F2N5O3/c1-33-18-9-17(22-16(25(33)35)3-2-4-19(22)37-26(28)29)24-23(18)32-21-8-6-15(11-34(21)24)14-5-7-20(31-10-14)27(30)12-36-13-27/h2-8,10-11,17-18,26H,9,12-13,30H2,1H3. The molecule has 5 heterocycles. The SMILES string of the molecule is CN1C(=O)c2cccc(OC(F)F)c2C2CC1c1nc3ccc(-c4ccc(C5(N)COC5)nc4)cn3c12. The fourth-order valence-corrected chi connectivity index (χ4v) is 5.84. The van der Waals surface area contributed by atoms with Gasteiger partial charge in [0.05, 0.1) is 36.3 Å². The minimum absolute atomic E-state index is 0.0225. The highest BCUT2D eigenvalue weighted by atomic mass is 19.3. The van der Waals surface area contributed by atoms with Gasteiger partial charge in [-0.3, -0.25) is 9.78 Å². The lowest BCUT2D eigenvalue weighted by Gasteiger charge is -2.37. The van der Waals surface area contributed by atoms with E-state index in [1.807, 2.05) is 34.9 Å². The van der Waals surface area contributed by atoms with Crippen LogP contribution in [0.4, 0.5) is 8.78 Å². The van der Waals surface area contributed by atoms with Crippen molar-refractivity contribution >= 4 is 11.6 Å². The summed E-state index contributed by atoms with van der Waals surface area (Å²) in [6.07, 6.45) is 4.32. The Morgan fingerprint density at radius 3 is 2.68 bits per heavy atom. The maximum absolute atomic E-state index is 13.3. The summed E-state index contributed by atoms with van der Waals surface area (Å²) in [5.74, 6) is -0.541. The van der Waals surface area contributed by atoms with Crippen LogP contribution in [0.1, 0.15) is 51.4 Å². The summed E-state index contributed by atoms with van der Waals surface area (Å²) in [6.45, 7) is -2.10. The molecule has 0 spiro atoms. The summed E-state index contributed by atoms with van der Waals surface area (Å²) in [5.41, 5.74) is 11.6. The lowest BCUT2D eigenvalue weighted by atomic mass is 9.91. The number of rotatable bonds is 4. The molecule has 3 aliphatic rings. The number of pyridine rings is 2. The zero-order valence-corrected chi connectivity index (χ0v) is 19.9. The number of ether oxygens (including phenoxy) is 2. The van der Waals surface area contributed by atoms with E-state index in [0.29, 0.717) is 30.8 Å². The van der Waals surface area contributed by atoms with Crippen molar-refractivity contribution in [3.63, 3.8) is 0 Å². The molecule has 2 aliphatic heterocycles. The first-order valence-electron chi connectivity index (χ1n) is 12.0. The number of alkyl halides is 2. The van der Waals surface area contributed by atoms with E-state index in [1.54, 1.807) is 30.3 Å². The van der Waals surface area contributed by atoms with Gasteiger partial charge in [0.25, 0.3) is 5.91 Å². The van der Waals surface area contributed by atoms with E-state index in [0.717, 1.165) is 33.9 Å². The quantitative estimate of drug-likeness (QED) is 0.455. The molecular formula is C27H23F2N5O3. The number of nitrogens with zero attached hydrogens (tertiary/aromatic N) is 4. The van der Waals surface area contributed by atoms with E-state index in [1.165, 1.54) is 6.07 Å². The number of halogens is 2. The second kappa shape index (κ2) is 7.80. The number of hydrogen-bond acceptors (Lipinski definition) is 6. The Morgan fingerprint density at radius 2 is 1.97 bits per heavy atom. The van der Waals surface area contributed by atoms with Gasteiger partial charge in [-0.05, 0) is 36.8 Å². The van der Waals surface area contributed by atoms with Gasteiger partial charge in [-0.1, -0.05) is 12.1 Å². The Balaban J connectivity index is 1.37. The first-order chi connectivity index (χ1) is 17.8. The first kappa shape index (κ1) is 22.3. The Labute approximate surface area is 210 Å². The molecule has 2 bridgehead atoms. The molecule has 37 heavy (non-hydrogen) atoms. The smallest absolute Gasteiger partial charge is 0.387 e. The minimum atomic E-state index is -3.00. The molecule has 8 nitrogen and oxygen atoms in total. The first-order valence-corrected chi connectivity index (χ1v) is 12.0. The molecule has 188 valence electrons. The largest absolute Gasteiger partial charge is 0.434 e. The zero-order valence-electron chi connectivity index (χ0n) is 19.9. The monoisotopic (exact) mass is 503 g/mol. The van der Waals surface area contributed by atoms with Gasteiger partial charge in [-0.15, -0.1) is 0 Å². The van der Waals surface area contributed by atoms with Crippen molar-refractivity contribution in [3.8, 4) is 16.9 Å². The third-order valence-electron chi connectivity index (χ3n) is 7.76. The Kier molecular flexibility index (Phi) is 4.71. The van der Waals surface area contributed by atoms with E-state index in [2.05, 4.69) is 4.98 Å². The molecule has 2 unspecified atom stereocenters. The van der Waals surface area contributed by atoms with Gasteiger partial charge in [-0.25, -0.2) is 4.98 Å². The van der Waals surface area contributed by atoms with Crippen molar-refractivity contribution in [1.29, 1.82) is 0 Å². The van der Waals surface area contributed by atoms with Crippen LogP contribution in [-0.4, -0.2) is 52.0 Å². The molecule has 1 aromatic carbocycles. The predicted octanol–water partition coefficient (Wildman–Crippen LogP) is 3.84. The van der Waals surface area contributed by atoms with Crippen LogP contribution < -0.4 is 10.5 Å². The van der Waals surface area contributed by atoms with Crippen molar-refractivity contribution in [3.05, 3.63) is 83.1 Å². The highest BCUT2D eigenvalue weighted by Gasteiger charge is 2.46. The average molecular weight is 504 g/mol. The van der Waals surface area contributed by atoms with Crippen LogP contribution in [0.5, 0.6) is 5.75 Å². The van der Waals surface area contributed by atoms with Crippen LogP contribution in [-0.2, 0) is 10.3 Å². The fourth-order valence-electron chi connectivity index (χ4n) is 5.84. The molecule has 2 atom stereocenters. The molecule has 0 saturated carbocycles. The van der Waals surface area contributed by atoms with Crippen LogP contribution in [0.2, 0.25) is 0 Å². The van der Waals surface area contributed by atoms with Crippen LogP contribution >= 0.6 is 0 Å². The Morgan fingerprint density at radius 1 is 1.16 bits per heavy atom. The summed E-state index contributed by atoms with van der Waals surface area (Å²) < 4.78 is 38.8. The number of aromatic nitrogens is 3. The third-order valence-corrected chi connectivity index (χ3v) is 7.76. The second-order valence-electron chi connectivity index (χ2n) is 9.93. The molecule has 3 aromatic heterocycles. The van der Waals surface area contributed by atoms with E-state index in [-0.39, 0.29) is 23.6 Å². The van der Waals surface area contributed by atoms with Gasteiger partial charge in [0.2, 0.25) is 0 Å². The maximum atomic E-state index is 13.3. The molecule has 10 heteroatoms. The molecule has 0 radical (unpaired) electrons. The number of benzene rings is 1. The third kappa shape index (κ3) is 3.22. The number of carbonyl (C=O) groups is 1. The summed E-state index contributed by atoms with van der Waals surface area (Å²) in [6, 6.07) is 12.3. The van der Waals surface area contributed by atoms with Gasteiger partial charge >= 0.3 is 6.61 Å². The van der Waals surface area contributed by atoms with E-state index >= 15 is 0 Å². The predicted molar refractivity (Wildman–Crippen MR) is 129 cm³/mol. The van der Waals surface area contributed by atoms with Crippen molar-refractivity contribution in [2.75, 3.05) is 20.3 Å². The van der Waals surface area contributed by atoms with Crippen LogP contribution in [0.3, 0.4) is 0 Å². The molecular weight excluding hydrogens is 480 g/mol. The summed E-state index contributed by atoms with van der Waals surface area (Å²) in [4.78, 5) is 24.4. The number of amides is 1. The highest BCUT2D eigenvalue weighted by molar-refractivity contribution is 5.98. The van der Waals surface area contributed by atoms with Crippen LogP contribution in [0, 0.1) is 0 Å². The zero-order chi connectivity index (χ0) is 25.5. The molecule has 1 aliphatic carbocycles. The molecule has 2 N–H and O–H groups in total. The number of nitrogens with two attached hydrogens (primary N) is 1. The topological polar surface area (TPSA) is 95.0 Å². The van der Waals surface area contributed by atoms with Gasteiger partial charge in [0.1, 0.15) is 16.9 Å². The number of imidazole rings is 1. The Hall–Kier alpha value is -3.89. The lowest BCUT2D eigenvalue weighted by molar-refractivity contribution is -0.0590. The summed E-state index contributed by atoms with van der Waals surface area (Å²) >= 11 is 0. The lowest BCUT2D eigenvalue weighted by Crippen LogP contribution is -2.54. The normalized spacial score (nSPS) is 21.5. The average Bonchev–Trinajstić information content (AvgIpc) is 3.40. The number of hydrogen-bond donors (Lipinski definition) is 1. The van der Waals surface area contributed by atoms with Crippen molar-refractivity contribution in [1.82, 2.24) is 19.3 Å². The van der Waals surface area contributed by atoms with Crippen molar-refractivity contribution in [2.45, 2.75) is 30.5 Å². The van der Waals surface area contributed by atoms with E-state index < -0.39 is 12.2 Å². The van der Waals surface area contributed by atoms with E-state index in [9.17, 15) is 13.6 Å². The van der Waals surface area contributed by atoms with Gasteiger partial charge in [0, 0.05) is 47.6 Å². The molecule has 4 aromatic rings. The minimum Gasteiger partial charge on any atom is -0.434 e. The van der Waals surface area contributed by atoms with Crippen molar-refractivity contribution in [2.24, 2.45) is 5.73 Å². The number of carbonyl (C=O) groups excluding carboxylic acids is 1. The maximum Gasteiger partial charge on any atom is 0.387 e. The Bertz CT molecular complexity index is 1560. The highest BCUT2D eigenvalue weighted by Crippen LogP contribution is 2.52. The fraction of sp³-hybridized carbons (Fsp3) is 0.296. The van der Waals surface area contributed by atoms with Crippen molar-refractivity contribution < 1.29 is 23.0 Å².